The van der Waals surface area contributed by atoms with E-state index in [-0.39, 0.29) is 0 Å². The Hall–Kier alpha value is -0.690. The van der Waals surface area contributed by atoms with E-state index in [0.29, 0.717) is 0 Å². The van der Waals surface area contributed by atoms with Crippen LogP contribution in [0.3, 0.4) is 0 Å². The van der Waals surface area contributed by atoms with Crippen LogP contribution in [0.15, 0.2) is 36.4 Å². The van der Waals surface area contributed by atoms with E-state index in [2.05, 4.69) is 68.1 Å². The Balaban J connectivity index is 1.91. The first-order valence-electron chi connectivity index (χ1n) is 5.16. The van der Waals surface area contributed by atoms with Gasteiger partial charge in [0.25, 0.3) is 0 Å². The molecule has 0 nitrogen and oxygen atoms in total. The molecule has 1 heteroatoms. The third-order valence-corrected chi connectivity index (χ3v) is 4.10. The molecule has 1 aromatic rings. The van der Waals surface area contributed by atoms with Crippen molar-refractivity contribution in [2.75, 3.05) is 0 Å². The van der Waals surface area contributed by atoms with E-state index in [9.17, 15) is 0 Å². The maximum absolute atomic E-state index is 2.34. The molecule has 1 heterocycles. The van der Waals surface area contributed by atoms with Crippen LogP contribution >= 0.6 is 11.8 Å². The van der Waals surface area contributed by atoms with Gasteiger partial charge in [-0.05, 0) is 11.5 Å². The molecular formula is C13H16S. The Labute approximate surface area is 90.4 Å². The highest BCUT2D eigenvalue weighted by Gasteiger charge is 2.37. The van der Waals surface area contributed by atoms with Gasteiger partial charge in [-0.1, -0.05) is 56.3 Å². The SMILES string of the molecule is CC(C)[C@@H]1S[C@@H]1/C=C/c1ccccc1. The Morgan fingerprint density at radius 2 is 1.93 bits per heavy atom. The zero-order valence-electron chi connectivity index (χ0n) is 8.68. The van der Waals surface area contributed by atoms with Gasteiger partial charge in [-0.15, -0.1) is 11.8 Å². The minimum Gasteiger partial charge on any atom is -0.148 e. The summed E-state index contributed by atoms with van der Waals surface area (Å²) in [7, 11) is 0. The number of rotatable bonds is 3. The summed E-state index contributed by atoms with van der Waals surface area (Å²) in [4.78, 5) is 0. The lowest BCUT2D eigenvalue weighted by Crippen LogP contribution is -1.99. The van der Waals surface area contributed by atoms with Crippen LogP contribution in [0.2, 0.25) is 0 Å². The molecule has 0 saturated carbocycles. The van der Waals surface area contributed by atoms with Gasteiger partial charge in [0.05, 0.1) is 0 Å². The summed E-state index contributed by atoms with van der Waals surface area (Å²) in [5.74, 6) is 0.811. The molecule has 0 amide bonds. The quantitative estimate of drug-likeness (QED) is 0.674. The molecule has 1 saturated heterocycles. The van der Waals surface area contributed by atoms with Gasteiger partial charge in [-0.2, -0.15) is 0 Å². The first kappa shape index (κ1) is 9.85. The van der Waals surface area contributed by atoms with Crippen molar-refractivity contribution in [3.05, 3.63) is 42.0 Å². The lowest BCUT2D eigenvalue weighted by molar-refractivity contribution is 0.661. The fraction of sp³-hybridized carbons (Fsp3) is 0.385. The van der Waals surface area contributed by atoms with Crippen LogP contribution in [-0.2, 0) is 0 Å². The van der Waals surface area contributed by atoms with Crippen LogP contribution in [0.1, 0.15) is 19.4 Å². The second-order valence-corrected chi connectivity index (χ2v) is 5.44. The first-order valence-corrected chi connectivity index (χ1v) is 6.10. The molecule has 14 heavy (non-hydrogen) atoms. The van der Waals surface area contributed by atoms with E-state index in [1.165, 1.54) is 5.56 Å². The Morgan fingerprint density at radius 3 is 2.50 bits per heavy atom. The molecule has 1 aromatic carbocycles. The van der Waals surface area contributed by atoms with Crippen LogP contribution < -0.4 is 0 Å². The number of hydrogen-bond donors (Lipinski definition) is 0. The lowest BCUT2D eigenvalue weighted by atomic mass is 10.1. The molecular weight excluding hydrogens is 188 g/mol. The van der Waals surface area contributed by atoms with E-state index in [1.807, 2.05) is 0 Å². The van der Waals surface area contributed by atoms with E-state index >= 15 is 0 Å². The first-order chi connectivity index (χ1) is 6.77. The summed E-state index contributed by atoms with van der Waals surface area (Å²) in [5.41, 5.74) is 1.31. The largest absolute Gasteiger partial charge is 0.148 e. The molecule has 0 aliphatic carbocycles. The average Bonchev–Trinajstić information content (AvgIpc) is 2.96. The van der Waals surface area contributed by atoms with Crippen molar-refractivity contribution in [2.24, 2.45) is 5.92 Å². The summed E-state index contributed by atoms with van der Waals surface area (Å²) in [5, 5.41) is 1.62. The molecule has 74 valence electrons. The highest BCUT2D eigenvalue weighted by Crippen LogP contribution is 2.47. The molecule has 2 rings (SSSR count). The van der Waals surface area contributed by atoms with Crippen LogP contribution in [0.25, 0.3) is 6.08 Å². The highest BCUT2D eigenvalue weighted by molar-refractivity contribution is 8.07. The van der Waals surface area contributed by atoms with Crippen molar-refractivity contribution in [1.82, 2.24) is 0 Å². The van der Waals surface area contributed by atoms with Gasteiger partial charge < -0.3 is 0 Å². The maximum atomic E-state index is 2.34. The molecule has 2 atom stereocenters. The van der Waals surface area contributed by atoms with Crippen molar-refractivity contribution in [3.63, 3.8) is 0 Å². The minimum absolute atomic E-state index is 0.759. The fourth-order valence-corrected chi connectivity index (χ4v) is 2.76. The normalized spacial score (nSPS) is 25.9. The van der Waals surface area contributed by atoms with Crippen LogP contribution in [0.4, 0.5) is 0 Å². The van der Waals surface area contributed by atoms with Crippen molar-refractivity contribution in [3.8, 4) is 0 Å². The van der Waals surface area contributed by atoms with Gasteiger partial charge >= 0.3 is 0 Å². The van der Waals surface area contributed by atoms with Gasteiger partial charge in [0.15, 0.2) is 0 Å². The molecule has 0 aromatic heterocycles. The Bertz CT molecular complexity index is 313. The smallest absolute Gasteiger partial charge is 0.0355 e. The minimum atomic E-state index is 0.759. The van der Waals surface area contributed by atoms with Gasteiger partial charge in [0.1, 0.15) is 0 Å². The predicted molar refractivity (Wildman–Crippen MR) is 65.5 cm³/mol. The number of hydrogen-bond acceptors (Lipinski definition) is 1. The monoisotopic (exact) mass is 204 g/mol. The number of thioether (sulfide) groups is 1. The van der Waals surface area contributed by atoms with Gasteiger partial charge in [-0.25, -0.2) is 0 Å². The summed E-state index contributed by atoms with van der Waals surface area (Å²) in [6.45, 7) is 4.60. The van der Waals surface area contributed by atoms with Crippen LogP contribution in [0, 0.1) is 5.92 Å². The van der Waals surface area contributed by atoms with Crippen molar-refractivity contribution in [2.45, 2.75) is 24.3 Å². The third-order valence-electron chi connectivity index (χ3n) is 2.50. The second kappa shape index (κ2) is 4.22. The predicted octanol–water partition coefficient (Wildman–Crippen LogP) is 3.84. The Kier molecular flexibility index (Phi) is 2.97. The zero-order valence-corrected chi connectivity index (χ0v) is 9.50. The third kappa shape index (κ3) is 2.42. The lowest BCUT2D eigenvalue weighted by Gasteiger charge is -1.96. The average molecular weight is 204 g/mol. The molecule has 0 unspecified atom stereocenters. The van der Waals surface area contributed by atoms with E-state index in [4.69, 9.17) is 0 Å². The number of benzene rings is 1. The fourth-order valence-electron chi connectivity index (χ4n) is 1.60. The van der Waals surface area contributed by atoms with Gasteiger partial charge in [0, 0.05) is 10.5 Å². The van der Waals surface area contributed by atoms with Gasteiger partial charge in [-0.3, -0.25) is 0 Å². The molecule has 1 aliphatic heterocycles. The zero-order chi connectivity index (χ0) is 9.97. The molecule has 0 N–H and O–H groups in total. The molecule has 0 radical (unpaired) electrons. The van der Waals surface area contributed by atoms with E-state index in [0.717, 1.165) is 16.4 Å². The molecule has 0 spiro atoms. The summed E-state index contributed by atoms with van der Waals surface area (Å²) in [6, 6.07) is 10.5. The topological polar surface area (TPSA) is 0 Å². The Morgan fingerprint density at radius 1 is 1.21 bits per heavy atom. The summed E-state index contributed by atoms with van der Waals surface area (Å²) in [6.07, 6.45) is 4.57. The molecule has 0 bridgehead atoms. The van der Waals surface area contributed by atoms with Crippen molar-refractivity contribution < 1.29 is 0 Å². The van der Waals surface area contributed by atoms with Crippen LogP contribution in [-0.4, -0.2) is 10.5 Å². The van der Waals surface area contributed by atoms with Crippen LogP contribution in [0.5, 0.6) is 0 Å². The van der Waals surface area contributed by atoms with Gasteiger partial charge in [0.2, 0.25) is 0 Å². The van der Waals surface area contributed by atoms with E-state index < -0.39 is 0 Å². The van der Waals surface area contributed by atoms with Crippen molar-refractivity contribution in [1.29, 1.82) is 0 Å². The summed E-state index contributed by atoms with van der Waals surface area (Å²) < 4.78 is 0. The summed E-state index contributed by atoms with van der Waals surface area (Å²) >= 11 is 2.08. The molecule has 1 aliphatic rings. The molecule has 1 fully saturated rings. The van der Waals surface area contributed by atoms with E-state index in [1.54, 1.807) is 0 Å². The highest BCUT2D eigenvalue weighted by atomic mass is 32.2. The standard InChI is InChI=1S/C13H16S/c1-10(2)13-12(14-13)9-8-11-6-4-3-5-7-11/h3-10,12-13H,1-2H3/b9-8+/t12-,13+/m1/s1. The van der Waals surface area contributed by atoms with Crippen molar-refractivity contribution >= 4 is 17.8 Å². The maximum Gasteiger partial charge on any atom is 0.0355 e. The second-order valence-electron chi connectivity index (χ2n) is 4.08.